The van der Waals surface area contributed by atoms with Crippen LogP contribution in [-0.2, 0) is 0 Å². The lowest BCUT2D eigenvalue weighted by Crippen LogP contribution is -2.36. The van der Waals surface area contributed by atoms with Gasteiger partial charge in [-0.15, -0.1) is 0 Å². The van der Waals surface area contributed by atoms with E-state index in [1.54, 1.807) is 13.8 Å². The van der Waals surface area contributed by atoms with Crippen molar-refractivity contribution in [2.75, 3.05) is 18.0 Å². The van der Waals surface area contributed by atoms with Crippen LogP contribution in [0.3, 0.4) is 0 Å². The van der Waals surface area contributed by atoms with Crippen molar-refractivity contribution >= 4 is 5.69 Å². The Hall–Kier alpha value is -1.30. The van der Waals surface area contributed by atoms with Crippen molar-refractivity contribution < 1.29 is 17.6 Å². The van der Waals surface area contributed by atoms with E-state index in [2.05, 4.69) is 0 Å². The first-order valence-corrected chi connectivity index (χ1v) is 6.53. The predicted molar refractivity (Wildman–Crippen MR) is 72.3 cm³/mol. The minimum Gasteiger partial charge on any atom is -0.362 e. The van der Waals surface area contributed by atoms with E-state index >= 15 is 0 Å². The predicted octanol–water partition coefficient (Wildman–Crippen LogP) is 3.93. The van der Waals surface area contributed by atoms with Crippen LogP contribution in [0.5, 0.6) is 0 Å². The van der Waals surface area contributed by atoms with E-state index in [-0.39, 0.29) is 6.54 Å². The largest absolute Gasteiger partial charge is 0.405 e. The topological polar surface area (TPSA) is 29.3 Å². The first kappa shape index (κ1) is 16.8. The number of nitrogens with zero attached hydrogens (tertiary/aromatic N) is 1. The molecule has 1 aromatic carbocycles. The molecule has 1 atom stereocenters. The van der Waals surface area contributed by atoms with E-state index < -0.39 is 24.6 Å². The molecule has 2 nitrogen and oxygen atoms in total. The molecule has 0 aromatic heterocycles. The lowest BCUT2D eigenvalue weighted by Gasteiger charge is -2.29. The Morgan fingerprint density at radius 2 is 1.90 bits per heavy atom. The molecule has 0 aliphatic carbocycles. The highest BCUT2D eigenvalue weighted by Crippen LogP contribution is 2.31. The molecule has 6 heteroatoms. The fraction of sp³-hybridized carbons (Fsp3) is 0.571. The third-order valence-electron chi connectivity index (χ3n) is 3.00. The number of aryl methyl sites for hydroxylation is 1. The monoisotopic (exact) mass is 292 g/mol. The number of hydrogen-bond donors (Lipinski definition) is 1. The summed E-state index contributed by atoms with van der Waals surface area (Å²) >= 11 is 0. The zero-order valence-corrected chi connectivity index (χ0v) is 11.9. The molecule has 1 rings (SSSR count). The number of benzene rings is 1. The minimum absolute atomic E-state index is 0.240. The van der Waals surface area contributed by atoms with Gasteiger partial charge in [-0.3, -0.25) is 0 Å². The molecule has 2 N–H and O–H groups in total. The van der Waals surface area contributed by atoms with Crippen LogP contribution in [0.25, 0.3) is 0 Å². The van der Waals surface area contributed by atoms with E-state index in [4.69, 9.17) is 5.73 Å². The van der Waals surface area contributed by atoms with Gasteiger partial charge in [0.15, 0.2) is 0 Å². The van der Waals surface area contributed by atoms with Gasteiger partial charge in [0, 0.05) is 18.3 Å². The van der Waals surface area contributed by atoms with Crippen LogP contribution in [0.4, 0.5) is 23.2 Å². The summed E-state index contributed by atoms with van der Waals surface area (Å²) in [4.78, 5) is 1.21. The summed E-state index contributed by atoms with van der Waals surface area (Å²) in [5, 5.41) is 0. The van der Waals surface area contributed by atoms with Crippen LogP contribution in [0.15, 0.2) is 12.1 Å². The van der Waals surface area contributed by atoms with Crippen molar-refractivity contribution in [2.24, 2.45) is 5.73 Å². The molecule has 114 valence electrons. The molecule has 0 radical (unpaired) electrons. The molecule has 0 spiro atoms. The van der Waals surface area contributed by atoms with Gasteiger partial charge in [-0.2, -0.15) is 13.2 Å². The quantitative estimate of drug-likeness (QED) is 0.833. The summed E-state index contributed by atoms with van der Waals surface area (Å²) in [6, 6.07) is 2.14. The Morgan fingerprint density at radius 1 is 1.30 bits per heavy atom. The molecule has 0 heterocycles. The van der Waals surface area contributed by atoms with Crippen LogP contribution in [0, 0.1) is 12.7 Å². The van der Waals surface area contributed by atoms with Gasteiger partial charge in [-0.05, 0) is 43.5 Å². The van der Waals surface area contributed by atoms with Crippen molar-refractivity contribution in [3.8, 4) is 0 Å². The van der Waals surface area contributed by atoms with Crippen LogP contribution in [0.1, 0.15) is 37.4 Å². The molecule has 0 saturated carbocycles. The number of hydrogen-bond acceptors (Lipinski definition) is 2. The Balaban J connectivity index is 3.27. The number of alkyl halides is 3. The lowest BCUT2D eigenvalue weighted by molar-refractivity contribution is -0.119. The average Bonchev–Trinajstić information content (AvgIpc) is 2.29. The summed E-state index contributed by atoms with van der Waals surface area (Å²) in [5.74, 6) is -0.454. The molecule has 0 unspecified atom stereocenters. The first-order chi connectivity index (χ1) is 9.15. The van der Waals surface area contributed by atoms with Gasteiger partial charge in [-0.1, -0.05) is 6.92 Å². The number of anilines is 1. The number of rotatable bonds is 5. The van der Waals surface area contributed by atoms with Gasteiger partial charge < -0.3 is 10.6 Å². The molecule has 0 aliphatic rings. The second-order valence-corrected chi connectivity index (χ2v) is 4.99. The van der Waals surface area contributed by atoms with E-state index in [0.29, 0.717) is 23.2 Å². The molecule has 0 aliphatic heterocycles. The maximum atomic E-state index is 13.6. The summed E-state index contributed by atoms with van der Waals surface area (Å²) in [6.45, 7) is 4.13. The lowest BCUT2D eigenvalue weighted by atomic mass is 10.0. The third-order valence-corrected chi connectivity index (χ3v) is 3.00. The molecular weight excluding hydrogens is 272 g/mol. The van der Waals surface area contributed by atoms with Crippen molar-refractivity contribution in [1.82, 2.24) is 0 Å². The zero-order valence-electron chi connectivity index (χ0n) is 11.9. The molecule has 0 amide bonds. The van der Waals surface area contributed by atoms with Gasteiger partial charge in [0.1, 0.15) is 12.4 Å². The van der Waals surface area contributed by atoms with Crippen LogP contribution < -0.4 is 10.6 Å². The second-order valence-electron chi connectivity index (χ2n) is 4.99. The minimum atomic E-state index is -4.31. The zero-order chi connectivity index (χ0) is 15.5. The fourth-order valence-corrected chi connectivity index (χ4v) is 2.09. The third kappa shape index (κ3) is 4.37. The summed E-state index contributed by atoms with van der Waals surface area (Å²) < 4.78 is 51.7. The van der Waals surface area contributed by atoms with Crippen molar-refractivity contribution in [3.63, 3.8) is 0 Å². The standard InChI is InChI=1S/C14H20F4N2/c1-4-5-20(8-14(16,17)18)13-6-9(2)12(15)7-11(13)10(3)19/h6-7,10H,4-5,8,19H2,1-3H3/t10-/m0/s1. The molecule has 0 saturated heterocycles. The van der Waals surface area contributed by atoms with Gasteiger partial charge in [0.25, 0.3) is 0 Å². The van der Waals surface area contributed by atoms with E-state index in [9.17, 15) is 17.6 Å². The van der Waals surface area contributed by atoms with Gasteiger partial charge in [0.05, 0.1) is 0 Å². The molecule has 20 heavy (non-hydrogen) atoms. The average molecular weight is 292 g/mol. The maximum Gasteiger partial charge on any atom is 0.405 e. The van der Waals surface area contributed by atoms with Gasteiger partial charge >= 0.3 is 6.18 Å². The summed E-state index contributed by atoms with van der Waals surface area (Å²) in [6.07, 6.45) is -3.75. The number of halogens is 4. The van der Waals surface area contributed by atoms with Crippen molar-refractivity contribution in [3.05, 3.63) is 29.1 Å². The molecule has 0 bridgehead atoms. The van der Waals surface area contributed by atoms with Gasteiger partial charge in [-0.25, -0.2) is 4.39 Å². The summed E-state index contributed by atoms with van der Waals surface area (Å²) in [7, 11) is 0. The van der Waals surface area contributed by atoms with E-state index in [0.717, 1.165) is 0 Å². The second kappa shape index (κ2) is 6.43. The Bertz CT molecular complexity index is 455. The highest BCUT2D eigenvalue weighted by molar-refractivity contribution is 5.57. The fourth-order valence-electron chi connectivity index (χ4n) is 2.09. The highest BCUT2D eigenvalue weighted by Gasteiger charge is 2.31. The Morgan fingerprint density at radius 3 is 2.35 bits per heavy atom. The Labute approximate surface area is 116 Å². The number of nitrogens with two attached hydrogens (primary N) is 1. The van der Waals surface area contributed by atoms with Crippen molar-refractivity contribution in [1.29, 1.82) is 0 Å². The normalized spacial score (nSPS) is 13.4. The van der Waals surface area contributed by atoms with Crippen LogP contribution in [-0.4, -0.2) is 19.3 Å². The maximum absolute atomic E-state index is 13.6. The van der Waals surface area contributed by atoms with Gasteiger partial charge in [0.2, 0.25) is 0 Å². The van der Waals surface area contributed by atoms with Crippen molar-refractivity contribution in [2.45, 2.75) is 39.4 Å². The molecule has 0 fully saturated rings. The van der Waals surface area contributed by atoms with E-state index in [1.807, 2.05) is 0 Å². The van der Waals surface area contributed by atoms with Crippen LogP contribution >= 0.6 is 0 Å². The first-order valence-electron chi connectivity index (χ1n) is 6.53. The van der Waals surface area contributed by atoms with E-state index in [1.165, 1.54) is 24.0 Å². The summed E-state index contributed by atoms with van der Waals surface area (Å²) in [5.41, 5.74) is 6.82. The molecular formula is C14H20F4N2. The van der Waals surface area contributed by atoms with Crippen LogP contribution in [0.2, 0.25) is 0 Å². The highest BCUT2D eigenvalue weighted by atomic mass is 19.4. The Kier molecular flexibility index (Phi) is 5.39. The SMILES string of the molecule is CCCN(CC(F)(F)F)c1cc(C)c(F)cc1[C@H](C)N. The smallest absolute Gasteiger partial charge is 0.362 e. The molecule has 1 aromatic rings.